The second-order valence-corrected chi connectivity index (χ2v) is 2.83. The van der Waals surface area contributed by atoms with Gasteiger partial charge in [-0.25, -0.2) is 4.79 Å². The van der Waals surface area contributed by atoms with Gasteiger partial charge in [0, 0.05) is 12.1 Å². The zero-order valence-corrected chi connectivity index (χ0v) is 8.38. The number of carbonyl (C=O) groups excluding carboxylic acids is 1. The lowest BCUT2D eigenvalue weighted by Gasteiger charge is -2.05. The van der Waals surface area contributed by atoms with E-state index in [9.17, 15) is 4.79 Å². The Kier molecular flexibility index (Phi) is 3.54. The number of hydrogen-bond acceptors (Lipinski definition) is 3. The van der Waals surface area contributed by atoms with Crippen LogP contribution in [0.25, 0.3) is 0 Å². The van der Waals surface area contributed by atoms with Gasteiger partial charge >= 0.3 is 5.97 Å². The Labute approximate surface area is 86.9 Å². The monoisotopic (exact) mass is 212 g/mol. The standard InChI is InChI=1S/C10H9ClO3/c1-3-10(12)14-7-4-5-9(13-2)8(11)6-7/h3-6H,1H2,2H3. The highest BCUT2D eigenvalue weighted by molar-refractivity contribution is 6.32. The Hall–Kier alpha value is -1.48. The van der Waals surface area contributed by atoms with Gasteiger partial charge in [0.2, 0.25) is 0 Å². The molecule has 0 unspecified atom stereocenters. The van der Waals surface area contributed by atoms with Crippen molar-refractivity contribution in [2.24, 2.45) is 0 Å². The number of benzene rings is 1. The van der Waals surface area contributed by atoms with E-state index in [4.69, 9.17) is 21.1 Å². The summed E-state index contributed by atoms with van der Waals surface area (Å²) in [5.74, 6) is 0.372. The third kappa shape index (κ3) is 2.50. The Morgan fingerprint density at radius 2 is 2.29 bits per heavy atom. The lowest BCUT2D eigenvalue weighted by atomic mass is 10.3. The maximum absolute atomic E-state index is 10.8. The van der Waals surface area contributed by atoms with E-state index < -0.39 is 5.97 Å². The van der Waals surface area contributed by atoms with Gasteiger partial charge in [-0.2, -0.15) is 0 Å². The molecule has 74 valence electrons. The van der Waals surface area contributed by atoms with Crippen LogP contribution in [0.2, 0.25) is 5.02 Å². The average molecular weight is 213 g/mol. The molecule has 0 bridgehead atoms. The Morgan fingerprint density at radius 1 is 1.57 bits per heavy atom. The summed E-state index contributed by atoms with van der Waals surface area (Å²) < 4.78 is 9.79. The molecule has 3 nitrogen and oxygen atoms in total. The van der Waals surface area contributed by atoms with Crippen molar-refractivity contribution in [1.29, 1.82) is 0 Å². The minimum Gasteiger partial charge on any atom is -0.495 e. The predicted octanol–water partition coefficient (Wildman–Crippen LogP) is 2.44. The highest BCUT2D eigenvalue weighted by Gasteiger charge is 2.04. The van der Waals surface area contributed by atoms with Gasteiger partial charge < -0.3 is 9.47 Å². The van der Waals surface area contributed by atoms with Crippen molar-refractivity contribution in [2.45, 2.75) is 0 Å². The Balaban J connectivity index is 2.86. The normalized spacial score (nSPS) is 9.29. The summed E-state index contributed by atoms with van der Waals surface area (Å²) in [5, 5.41) is 0.391. The highest BCUT2D eigenvalue weighted by Crippen LogP contribution is 2.28. The molecule has 1 rings (SSSR count). The number of esters is 1. The van der Waals surface area contributed by atoms with Crippen molar-refractivity contribution in [3.8, 4) is 11.5 Å². The van der Waals surface area contributed by atoms with Crippen LogP contribution in [-0.4, -0.2) is 13.1 Å². The third-order valence-corrected chi connectivity index (χ3v) is 1.80. The van der Waals surface area contributed by atoms with E-state index >= 15 is 0 Å². The van der Waals surface area contributed by atoms with Crippen LogP contribution in [0.4, 0.5) is 0 Å². The Morgan fingerprint density at radius 3 is 2.79 bits per heavy atom. The summed E-state index contributed by atoms with van der Waals surface area (Å²) in [6.45, 7) is 3.28. The topological polar surface area (TPSA) is 35.5 Å². The molecule has 0 N–H and O–H groups in total. The maximum atomic E-state index is 10.8. The van der Waals surface area contributed by atoms with E-state index in [1.54, 1.807) is 12.1 Å². The van der Waals surface area contributed by atoms with Gasteiger partial charge in [-0.15, -0.1) is 0 Å². The molecule has 0 saturated carbocycles. The molecule has 0 aromatic heterocycles. The molecule has 4 heteroatoms. The van der Waals surface area contributed by atoms with Crippen LogP contribution in [-0.2, 0) is 4.79 Å². The molecule has 0 radical (unpaired) electrons. The second-order valence-electron chi connectivity index (χ2n) is 2.42. The lowest BCUT2D eigenvalue weighted by molar-refractivity contribution is -0.128. The molecule has 0 fully saturated rings. The van der Waals surface area contributed by atoms with Crippen molar-refractivity contribution in [3.63, 3.8) is 0 Å². The molecule has 0 saturated heterocycles. The first kappa shape index (κ1) is 10.6. The van der Waals surface area contributed by atoms with Crippen LogP contribution in [0.3, 0.4) is 0 Å². The number of rotatable bonds is 3. The quantitative estimate of drug-likeness (QED) is 0.439. The van der Waals surface area contributed by atoms with Gasteiger partial charge in [0.1, 0.15) is 11.5 Å². The Bertz CT molecular complexity index is 360. The molecule has 1 aromatic rings. The largest absolute Gasteiger partial charge is 0.495 e. The molecule has 0 aliphatic heterocycles. The van der Waals surface area contributed by atoms with Crippen molar-refractivity contribution < 1.29 is 14.3 Å². The number of methoxy groups -OCH3 is 1. The summed E-state index contributed by atoms with van der Waals surface area (Å²) in [6.07, 6.45) is 1.08. The van der Waals surface area contributed by atoms with Crippen LogP contribution < -0.4 is 9.47 Å². The lowest BCUT2D eigenvalue weighted by Crippen LogP contribution is -2.02. The van der Waals surface area contributed by atoms with Crippen LogP contribution in [0.1, 0.15) is 0 Å². The van der Waals surface area contributed by atoms with E-state index in [0.29, 0.717) is 16.5 Å². The molecular formula is C10H9ClO3. The van der Waals surface area contributed by atoms with Gasteiger partial charge in [-0.05, 0) is 12.1 Å². The first-order chi connectivity index (χ1) is 6.67. The van der Waals surface area contributed by atoms with Crippen molar-refractivity contribution in [1.82, 2.24) is 0 Å². The molecule has 0 aliphatic rings. The van der Waals surface area contributed by atoms with E-state index in [0.717, 1.165) is 6.08 Å². The molecular weight excluding hydrogens is 204 g/mol. The number of halogens is 1. The first-order valence-electron chi connectivity index (χ1n) is 3.85. The predicted molar refractivity (Wildman–Crippen MR) is 53.8 cm³/mol. The van der Waals surface area contributed by atoms with Gasteiger partial charge in [-0.3, -0.25) is 0 Å². The van der Waals surface area contributed by atoms with E-state index in [1.165, 1.54) is 13.2 Å². The summed E-state index contributed by atoms with van der Waals surface area (Å²) in [7, 11) is 1.51. The fourth-order valence-electron chi connectivity index (χ4n) is 0.868. The van der Waals surface area contributed by atoms with Crippen molar-refractivity contribution in [2.75, 3.05) is 7.11 Å². The summed E-state index contributed by atoms with van der Waals surface area (Å²) in [4.78, 5) is 10.8. The van der Waals surface area contributed by atoms with Crippen LogP contribution in [0.15, 0.2) is 30.9 Å². The van der Waals surface area contributed by atoms with Gasteiger partial charge in [-0.1, -0.05) is 18.2 Å². The second kappa shape index (κ2) is 4.67. The molecule has 1 aromatic carbocycles. The first-order valence-corrected chi connectivity index (χ1v) is 4.23. The van der Waals surface area contributed by atoms with Crippen LogP contribution in [0.5, 0.6) is 11.5 Å². The summed E-state index contributed by atoms with van der Waals surface area (Å²) in [5.41, 5.74) is 0. The molecule has 0 atom stereocenters. The van der Waals surface area contributed by atoms with Crippen LogP contribution in [0, 0.1) is 0 Å². The summed E-state index contributed by atoms with van der Waals surface area (Å²) in [6, 6.07) is 4.71. The fraction of sp³-hybridized carbons (Fsp3) is 0.100. The van der Waals surface area contributed by atoms with E-state index in [2.05, 4.69) is 6.58 Å². The zero-order chi connectivity index (χ0) is 10.6. The minimum absolute atomic E-state index is 0.362. The SMILES string of the molecule is C=CC(=O)Oc1ccc(OC)c(Cl)c1. The van der Waals surface area contributed by atoms with Gasteiger partial charge in [0.05, 0.1) is 12.1 Å². The van der Waals surface area contributed by atoms with Gasteiger partial charge in [0.15, 0.2) is 0 Å². The van der Waals surface area contributed by atoms with E-state index in [-0.39, 0.29) is 0 Å². The molecule has 0 heterocycles. The van der Waals surface area contributed by atoms with Crippen molar-refractivity contribution >= 4 is 17.6 Å². The van der Waals surface area contributed by atoms with Crippen molar-refractivity contribution in [3.05, 3.63) is 35.9 Å². The number of ether oxygens (including phenoxy) is 2. The smallest absolute Gasteiger partial charge is 0.335 e. The third-order valence-electron chi connectivity index (χ3n) is 1.51. The van der Waals surface area contributed by atoms with Crippen LogP contribution >= 0.6 is 11.6 Å². The van der Waals surface area contributed by atoms with Gasteiger partial charge in [0.25, 0.3) is 0 Å². The zero-order valence-electron chi connectivity index (χ0n) is 7.62. The van der Waals surface area contributed by atoms with E-state index in [1.807, 2.05) is 0 Å². The molecule has 14 heavy (non-hydrogen) atoms. The molecule has 0 spiro atoms. The number of hydrogen-bond donors (Lipinski definition) is 0. The summed E-state index contributed by atoms with van der Waals surface area (Å²) >= 11 is 5.81. The fourth-order valence-corrected chi connectivity index (χ4v) is 1.12. The highest BCUT2D eigenvalue weighted by atomic mass is 35.5. The molecule has 0 aliphatic carbocycles. The molecule has 0 amide bonds. The maximum Gasteiger partial charge on any atom is 0.335 e. The average Bonchev–Trinajstić information content (AvgIpc) is 2.18. The number of carbonyl (C=O) groups is 1. The minimum atomic E-state index is -0.522.